The molecule has 2 aromatic heterocycles. The largest absolute Gasteiger partial charge is 0.496 e. The highest BCUT2D eigenvalue weighted by molar-refractivity contribution is 7.99. The molecular formula is C24H25N5O3S. The Morgan fingerprint density at radius 2 is 1.88 bits per heavy atom. The Morgan fingerprint density at radius 3 is 2.55 bits per heavy atom. The van der Waals surface area contributed by atoms with Crippen molar-refractivity contribution in [3.05, 3.63) is 75.2 Å². The SMILES string of the molecule is COc1c(-c2ccc3nc(NSC)cnc3c2)cc(-n2ccc(=O)[nH]c2=O)cc1C(C)(C)C. The van der Waals surface area contributed by atoms with Gasteiger partial charge in [-0.2, -0.15) is 0 Å². The maximum Gasteiger partial charge on any atom is 0.332 e. The molecule has 2 heterocycles. The first-order valence-corrected chi connectivity index (χ1v) is 11.5. The van der Waals surface area contributed by atoms with Crippen LogP contribution in [-0.2, 0) is 5.41 Å². The van der Waals surface area contributed by atoms with Crippen LogP contribution in [0.3, 0.4) is 0 Å². The summed E-state index contributed by atoms with van der Waals surface area (Å²) in [5.41, 5.74) is 3.55. The minimum absolute atomic E-state index is 0.267. The Morgan fingerprint density at radius 1 is 1.09 bits per heavy atom. The van der Waals surface area contributed by atoms with Gasteiger partial charge in [-0.05, 0) is 35.2 Å². The zero-order chi connectivity index (χ0) is 23.8. The Balaban J connectivity index is 1.97. The van der Waals surface area contributed by atoms with Gasteiger partial charge in [-0.25, -0.2) is 9.78 Å². The van der Waals surface area contributed by atoms with Crippen molar-refractivity contribution in [2.45, 2.75) is 26.2 Å². The third-order valence-electron chi connectivity index (χ3n) is 5.25. The van der Waals surface area contributed by atoms with Crippen LogP contribution >= 0.6 is 11.9 Å². The molecule has 0 bridgehead atoms. The van der Waals surface area contributed by atoms with E-state index < -0.39 is 11.2 Å². The molecule has 0 spiro atoms. The number of hydrogen-bond acceptors (Lipinski definition) is 7. The van der Waals surface area contributed by atoms with Crippen molar-refractivity contribution in [2.24, 2.45) is 0 Å². The van der Waals surface area contributed by atoms with E-state index in [9.17, 15) is 9.59 Å². The van der Waals surface area contributed by atoms with Crippen LogP contribution in [0.1, 0.15) is 26.3 Å². The highest BCUT2D eigenvalue weighted by Crippen LogP contribution is 2.41. The predicted molar refractivity (Wildman–Crippen MR) is 134 cm³/mol. The van der Waals surface area contributed by atoms with E-state index in [0.717, 1.165) is 33.5 Å². The summed E-state index contributed by atoms with van der Waals surface area (Å²) < 4.78 is 10.4. The van der Waals surface area contributed by atoms with Gasteiger partial charge >= 0.3 is 5.69 Å². The molecule has 0 saturated carbocycles. The smallest absolute Gasteiger partial charge is 0.332 e. The van der Waals surface area contributed by atoms with Gasteiger partial charge in [0.1, 0.15) is 5.75 Å². The number of aromatic amines is 1. The highest BCUT2D eigenvalue weighted by atomic mass is 32.2. The lowest BCUT2D eigenvalue weighted by molar-refractivity contribution is 0.399. The van der Waals surface area contributed by atoms with Crippen molar-refractivity contribution in [3.63, 3.8) is 0 Å². The standard InChI is InChI=1S/C24H25N5O3S/c1-24(2,3)17-12-15(29-9-8-21(30)27-23(29)31)11-16(22(17)32-4)14-6-7-18-19(10-14)25-13-20(26-18)28-33-5/h6-13H,1-5H3,(H,26,28)(H,27,30,31). The van der Waals surface area contributed by atoms with Crippen molar-refractivity contribution in [1.82, 2.24) is 19.5 Å². The number of rotatable bonds is 5. The third kappa shape index (κ3) is 4.49. The molecule has 0 aliphatic rings. The monoisotopic (exact) mass is 463 g/mol. The van der Waals surface area contributed by atoms with Crippen molar-refractivity contribution in [3.8, 4) is 22.6 Å². The molecule has 8 nitrogen and oxygen atoms in total. The topological polar surface area (TPSA) is 102 Å². The summed E-state index contributed by atoms with van der Waals surface area (Å²) in [7, 11) is 1.64. The minimum Gasteiger partial charge on any atom is -0.496 e. The first-order chi connectivity index (χ1) is 15.7. The molecule has 33 heavy (non-hydrogen) atoms. The molecule has 9 heteroatoms. The van der Waals surface area contributed by atoms with Gasteiger partial charge in [0.2, 0.25) is 0 Å². The first-order valence-electron chi connectivity index (χ1n) is 10.3. The molecule has 170 valence electrons. The second-order valence-electron chi connectivity index (χ2n) is 8.57. The van der Waals surface area contributed by atoms with Gasteiger partial charge in [0.05, 0.1) is 30.0 Å². The van der Waals surface area contributed by atoms with Crippen molar-refractivity contribution < 1.29 is 4.74 Å². The van der Waals surface area contributed by atoms with Crippen LogP contribution < -0.4 is 20.7 Å². The first kappa shape index (κ1) is 22.6. The van der Waals surface area contributed by atoms with Crippen LogP contribution in [-0.4, -0.2) is 32.9 Å². The van der Waals surface area contributed by atoms with Crippen molar-refractivity contribution >= 4 is 28.8 Å². The summed E-state index contributed by atoms with van der Waals surface area (Å²) >= 11 is 1.45. The number of anilines is 1. The Kier molecular flexibility index (Phi) is 5.99. The maximum atomic E-state index is 12.5. The highest BCUT2D eigenvalue weighted by Gasteiger charge is 2.24. The molecule has 0 fully saturated rings. The number of methoxy groups -OCH3 is 1. The number of aromatic nitrogens is 4. The number of hydrogen-bond donors (Lipinski definition) is 2. The van der Waals surface area contributed by atoms with Crippen LogP contribution in [0, 0.1) is 0 Å². The van der Waals surface area contributed by atoms with E-state index in [-0.39, 0.29) is 5.41 Å². The average Bonchev–Trinajstić information content (AvgIpc) is 2.77. The zero-order valence-corrected chi connectivity index (χ0v) is 19.9. The zero-order valence-electron chi connectivity index (χ0n) is 19.1. The summed E-state index contributed by atoms with van der Waals surface area (Å²) in [6, 6.07) is 11.0. The van der Waals surface area contributed by atoms with Gasteiger partial charge in [-0.1, -0.05) is 38.8 Å². The quantitative estimate of drug-likeness (QED) is 0.429. The van der Waals surface area contributed by atoms with Gasteiger partial charge in [0, 0.05) is 29.6 Å². The number of H-pyrrole nitrogens is 1. The van der Waals surface area contributed by atoms with Crippen molar-refractivity contribution in [1.29, 1.82) is 0 Å². The van der Waals surface area contributed by atoms with Crippen LogP contribution in [0.2, 0.25) is 0 Å². The number of ether oxygens (including phenoxy) is 1. The Bertz CT molecular complexity index is 1450. The molecule has 0 aliphatic heterocycles. The fraction of sp³-hybridized carbons (Fsp3) is 0.250. The van der Waals surface area contributed by atoms with E-state index in [1.54, 1.807) is 13.3 Å². The normalized spacial score (nSPS) is 11.5. The van der Waals surface area contributed by atoms with Gasteiger partial charge in [-0.15, -0.1) is 0 Å². The number of benzene rings is 2. The van der Waals surface area contributed by atoms with E-state index in [1.807, 2.05) is 36.6 Å². The number of nitrogens with zero attached hydrogens (tertiary/aromatic N) is 3. The minimum atomic E-state index is -0.503. The van der Waals surface area contributed by atoms with Crippen molar-refractivity contribution in [2.75, 3.05) is 18.1 Å². The lowest BCUT2D eigenvalue weighted by atomic mass is 9.83. The molecular weight excluding hydrogens is 438 g/mol. The number of nitrogens with one attached hydrogen (secondary N) is 2. The molecule has 0 amide bonds. The van der Waals surface area contributed by atoms with Gasteiger partial charge in [0.15, 0.2) is 5.82 Å². The molecule has 4 rings (SSSR count). The summed E-state index contributed by atoms with van der Waals surface area (Å²) in [6.07, 6.45) is 5.09. The molecule has 2 aromatic carbocycles. The molecule has 0 atom stereocenters. The van der Waals surface area contributed by atoms with Gasteiger partial charge < -0.3 is 9.46 Å². The van der Waals surface area contributed by atoms with Crippen LogP contribution in [0.4, 0.5) is 5.82 Å². The van der Waals surface area contributed by atoms with Crippen LogP contribution in [0.15, 0.2) is 58.4 Å². The molecule has 0 radical (unpaired) electrons. The van der Waals surface area contributed by atoms with Crippen LogP contribution in [0.25, 0.3) is 27.8 Å². The fourth-order valence-electron chi connectivity index (χ4n) is 3.70. The second kappa shape index (κ2) is 8.74. The average molecular weight is 464 g/mol. The fourth-order valence-corrected chi connectivity index (χ4v) is 4.00. The molecule has 0 saturated heterocycles. The Labute approximate surface area is 195 Å². The molecule has 2 N–H and O–H groups in total. The van der Waals surface area contributed by atoms with Crippen LogP contribution in [0.5, 0.6) is 5.75 Å². The second-order valence-corrected chi connectivity index (χ2v) is 9.18. The van der Waals surface area contributed by atoms with E-state index in [4.69, 9.17) is 4.74 Å². The lowest BCUT2D eigenvalue weighted by Gasteiger charge is -2.25. The molecule has 0 aliphatic carbocycles. The predicted octanol–water partition coefficient (Wildman–Crippen LogP) is 4.13. The summed E-state index contributed by atoms with van der Waals surface area (Å²) in [5.74, 6) is 1.41. The van der Waals surface area contributed by atoms with E-state index in [0.29, 0.717) is 11.5 Å². The van der Waals surface area contributed by atoms with E-state index >= 15 is 0 Å². The van der Waals surface area contributed by atoms with E-state index in [2.05, 4.69) is 40.4 Å². The Hall–Kier alpha value is -3.59. The summed E-state index contributed by atoms with van der Waals surface area (Å²) in [6.45, 7) is 6.25. The number of fused-ring (bicyclic) bond motifs is 1. The third-order valence-corrected chi connectivity index (χ3v) is 5.66. The lowest BCUT2D eigenvalue weighted by Crippen LogP contribution is -2.27. The van der Waals surface area contributed by atoms with Gasteiger partial charge in [0.25, 0.3) is 5.56 Å². The summed E-state index contributed by atoms with van der Waals surface area (Å²) in [5, 5.41) is 0. The maximum absolute atomic E-state index is 12.5. The molecule has 0 unspecified atom stereocenters. The van der Waals surface area contributed by atoms with Gasteiger partial charge in [-0.3, -0.25) is 19.3 Å². The van der Waals surface area contributed by atoms with E-state index in [1.165, 1.54) is 28.8 Å². The summed E-state index contributed by atoms with van der Waals surface area (Å²) in [4.78, 5) is 35.5. The molecule has 4 aromatic rings.